The first-order valence-electron chi connectivity index (χ1n) is 10.5. The van der Waals surface area contributed by atoms with Gasteiger partial charge in [-0.05, 0) is 65.9 Å². The van der Waals surface area contributed by atoms with Crippen molar-refractivity contribution in [2.45, 2.75) is 77.7 Å². The Balaban J connectivity index is 1.81. The van der Waals surface area contributed by atoms with Gasteiger partial charge in [-0.25, -0.2) is 9.59 Å². The molecule has 0 radical (unpaired) electrons. The predicted molar refractivity (Wildman–Crippen MR) is 112 cm³/mol. The molecule has 3 rings (SSSR count). The number of carbonyl (C=O) groups excluding carboxylic acids is 2. The standard InChI is InChI=1S/C23H34N2O4/c1-22(2,3)28-20(26)24-13-12-18-17(15-24)14-19(16-10-8-7-9-11-16)25(18)21(27)29-23(4,5)6/h7-11,17-19H,12-15H2,1-6H3/t17-,18+,19+/m0/s1. The second-order valence-corrected chi connectivity index (χ2v) is 10.1. The number of rotatable bonds is 1. The van der Waals surface area contributed by atoms with E-state index in [0.29, 0.717) is 13.1 Å². The van der Waals surface area contributed by atoms with Crippen molar-refractivity contribution in [2.75, 3.05) is 13.1 Å². The maximum absolute atomic E-state index is 13.1. The smallest absolute Gasteiger partial charge is 0.411 e. The van der Waals surface area contributed by atoms with Crippen LogP contribution >= 0.6 is 0 Å². The van der Waals surface area contributed by atoms with Crippen LogP contribution in [0.5, 0.6) is 0 Å². The highest BCUT2D eigenvalue weighted by atomic mass is 16.6. The molecule has 2 aliphatic heterocycles. The molecule has 2 aliphatic rings. The van der Waals surface area contributed by atoms with Crippen molar-refractivity contribution in [3.05, 3.63) is 35.9 Å². The molecule has 2 heterocycles. The van der Waals surface area contributed by atoms with Crippen molar-refractivity contribution in [3.63, 3.8) is 0 Å². The monoisotopic (exact) mass is 402 g/mol. The number of piperidine rings is 1. The van der Waals surface area contributed by atoms with Crippen molar-refractivity contribution >= 4 is 12.2 Å². The first-order chi connectivity index (χ1) is 13.4. The summed E-state index contributed by atoms with van der Waals surface area (Å²) >= 11 is 0. The second kappa shape index (κ2) is 7.88. The second-order valence-electron chi connectivity index (χ2n) is 10.1. The molecular formula is C23H34N2O4. The molecule has 2 saturated heterocycles. The maximum Gasteiger partial charge on any atom is 0.411 e. The Labute approximate surface area is 174 Å². The summed E-state index contributed by atoms with van der Waals surface area (Å²) in [5.74, 6) is 0.203. The van der Waals surface area contributed by atoms with Crippen LogP contribution in [-0.2, 0) is 9.47 Å². The minimum Gasteiger partial charge on any atom is -0.444 e. The normalized spacial score (nSPS) is 24.8. The van der Waals surface area contributed by atoms with Gasteiger partial charge in [-0.2, -0.15) is 0 Å². The van der Waals surface area contributed by atoms with Crippen molar-refractivity contribution < 1.29 is 19.1 Å². The van der Waals surface area contributed by atoms with E-state index < -0.39 is 11.2 Å². The van der Waals surface area contributed by atoms with Gasteiger partial charge in [-0.3, -0.25) is 4.90 Å². The van der Waals surface area contributed by atoms with Gasteiger partial charge in [0.05, 0.1) is 6.04 Å². The zero-order valence-electron chi connectivity index (χ0n) is 18.5. The SMILES string of the molecule is CC(C)(C)OC(=O)N1CC[C@@H]2[C@@H](C[C@H](c3ccccc3)N2C(=O)OC(C)(C)C)C1. The largest absolute Gasteiger partial charge is 0.444 e. The fraction of sp³-hybridized carbons (Fsp3) is 0.652. The van der Waals surface area contributed by atoms with E-state index in [0.717, 1.165) is 18.4 Å². The summed E-state index contributed by atoms with van der Waals surface area (Å²) in [4.78, 5) is 29.4. The van der Waals surface area contributed by atoms with E-state index in [9.17, 15) is 9.59 Å². The van der Waals surface area contributed by atoms with Crippen LogP contribution in [0.25, 0.3) is 0 Å². The van der Waals surface area contributed by atoms with E-state index in [2.05, 4.69) is 12.1 Å². The van der Waals surface area contributed by atoms with Crippen LogP contribution in [0, 0.1) is 5.92 Å². The summed E-state index contributed by atoms with van der Waals surface area (Å²) in [6, 6.07) is 10.1. The van der Waals surface area contributed by atoms with Gasteiger partial charge < -0.3 is 14.4 Å². The van der Waals surface area contributed by atoms with Gasteiger partial charge in [-0.15, -0.1) is 0 Å². The molecule has 0 N–H and O–H groups in total. The summed E-state index contributed by atoms with van der Waals surface area (Å²) in [6.07, 6.45) is 0.993. The lowest BCUT2D eigenvalue weighted by Gasteiger charge is -2.39. The Bertz CT molecular complexity index is 735. The van der Waals surface area contributed by atoms with Gasteiger partial charge in [0.1, 0.15) is 11.2 Å². The number of hydrogen-bond donors (Lipinski definition) is 0. The summed E-state index contributed by atoms with van der Waals surface area (Å²) < 4.78 is 11.3. The molecule has 0 aromatic heterocycles. The van der Waals surface area contributed by atoms with E-state index in [1.807, 2.05) is 64.6 Å². The maximum atomic E-state index is 13.1. The van der Waals surface area contributed by atoms with E-state index in [1.165, 1.54) is 0 Å². The Kier molecular flexibility index (Phi) is 5.84. The highest BCUT2D eigenvalue weighted by molar-refractivity contribution is 5.71. The molecule has 0 aliphatic carbocycles. The van der Waals surface area contributed by atoms with Crippen LogP contribution in [0.3, 0.4) is 0 Å². The van der Waals surface area contributed by atoms with Crippen LogP contribution in [0.1, 0.15) is 66.0 Å². The fourth-order valence-electron chi connectivity index (χ4n) is 4.29. The van der Waals surface area contributed by atoms with Gasteiger partial charge in [0.25, 0.3) is 0 Å². The van der Waals surface area contributed by atoms with E-state index >= 15 is 0 Å². The fourth-order valence-corrected chi connectivity index (χ4v) is 4.29. The number of fused-ring (bicyclic) bond motifs is 1. The Morgan fingerprint density at radius 2 is 1.52 bits per heavy atom. The Hall–Kier alpha value is -2.24. The van der Waals surface area contributed by atoms with Crippen LogP contribution in [-0.4, -0.2) is 52.3 Å². The average molecular weight is 403 g/mol. The molecule has 29 heavy (non-hydrogen) atoms. The molecule has 2 fully saturated rings. The predicted octanol–water partition coefficient (Wildman–Crippen LogP) is 4.99. The molecule has 0 spiro atoms. The number of ether oxygens (including phenoxy) is 2. The van der Waals surface area contributed by atoms with Crippen LogP contribution in [0.4, 0.5) is 9.59 Å². The van der Waals surface area contributed by atoms with Gasteiger partial charge >= 0.3 is 12.2 Å². The van der Waals surface area contributed by atoms with Crippen molar-refractivity contribution in [1.29, 1.82) is 0 Å². The minimum atomic E-state index is -0.548. The lowest BCUT2D eigenvalue weighted by atomic mass is 9.91. The van der Waals surface area contributed by atoms with Gasteiger partial charge in [0.2, 0.25) is 0 Å². The lowest BCUT2D eigenvalue weighted by Crippen LogP contribution is -2.51. The van der Waals surface area contributed by atoms with Crippen molar-refractivity contribution in [3.8, 4) is 0 Å². The molecular weight excluding hydrogens is 368 g/mol. The quantitative estimate of drug-likeness (QED) is 0.664. The topological polar surface area (TPSA) is 59.1 Å². The van der Waals surface area contributed by atoms with Crippen LogP contribution in [0.2, 0.25) is 0 Å². The summed E-state index contributed by atoms with van der Waals surface area (Å²) in [5.41, 5.74) is 0.0448. The molecule has 0 saturated carbocycles. The number of hydrogen-bond acceptors (Lipinski definition) is 4. The summed E-state index contributed by atoms with van der Waals surface area (Å²) in [5, 5.41) is 0. The first-order valence-corrected chi connectivity index (χ1v) is 10.5. The first kappa shape index (κ1) is 21.5. The molecule has 6 nitrogen and oxygen atoms in total. The number of benzene rings is 1. The minimum absolute atomic E-state index is 0.0420. The highest BCUT2D eigenvalue weighted by Gasteiger charge is 2.48. The zero-order chi connectivity index (χ0) is 21.4. The van der Waals surface area contributed by atoms with Gasteiger partial charge in [-0.1, -0.05) is 30.3 Å². The van der Waals surface area contributed by atoms with Crippen molar-refractivity contribution in [2.24, 2.45) is 5.92 Å². The molecule has 3 atom stereocenters. The summed E-state index contributed by atoms with van der Waals surface area (Å²) in [6.45, 7) is 12.5. The summed E-state index contributed by atoms with van der Waals surface area (Å²) in [7, 11) is 0. The molecule has 160 valence electrons. The third-order valence-electron chi connectivity index (χ3n) is 5.35. The number of likely N-dealkylation sites (tertiary alicyclic amines) is 2. The lowest BCUT2D eigenvalue weighted by molar-refractivity contribution is -0.00119. The number of nitrogens with zero attached hydrogens (tertiary/aromatic N) is 2. The molecule has 1 aromatic rings. The molecule has 0 bridgehead atoms. The third kappa shape index (κ3) is 5.22. The molecule has 2 amide bonds. The van der Waals surface area contributed by atoms with Crippen LogP contribution in [0.15, 0.2) is 30.3 Å². The number of amides is 2. The van der Waals surface area contributed by atoms with Crippen molar-refractivity contribution in [1.82, 2.24) is 9.80 Å². The zero-order valence-corrected chi connectivity index (χ0v) is 18.5. The van der Waals surface area contributed by atoms with E-state index in [-0.39, 0.29) is 30.2 Å². The van der Waals surface area contributed by atoms with Gasteiger partial charge in [0, 0.05) is 19.1 Å². The van der Waals surface area contributed by atoms with Gasteiger partial charge in [0.15, 0.2) is 0 Å². The molecule has 1 aromatic carbocycles. The average Bonchev–Trinajstić information content (AvgIpc) is 2.98. The van der Waals surface area contributed by atoms with E-state index in [1.54, 1.807) is 4.90 Å². The molecule has 0 unspecified atom stereocenters. The van der Waals surface area contributed by atoms with Crippen LogP contribution < -0.4 is 0 Å². The number of carbonyl (C=O) groups is 2. The van der Waals surface area contributed by atoms with E-state index in [4.69, 9.17) is 9.47 Å². The Morgan fingerprint density at radius 3 is 2.10 bits per heavy atom. The Morgan fingerprint density at radius 1 is 0.931 bits per heavy atom. The third-order valence-corrected chi connectivity index (χ3v) is 5.35. The highest BCUT2D eigenvalue weighted by Crippen LogP contribution is 2.44. The molecule has 6 heteroatoms.